The van der Waals surface area contributed by atoms with Crippen molar-refractivity contribution in [3.8, 4) is 0 Å². The van der Waals surface area contributed by atoms with Crippen LogP contribution in [0.2, 0.25) is 0 Å². The van der Waals surface area contributed by atoms with Gasteiger partial charge in [0.1, 0.15) is 5.54 Å². The molecule has 2 aliphatic carbocycles. The van der Waals surface area contributed by atoms with Crippen molar-refractivity contribution in [2.24, 2.45) is 11.1 Å². The van der Waals surface area contributed by atoms with Crippen LogP contribution in [-0.4, -0.2) is 36.1 Å². The molecule has 0 radical (unpaired) electrons. The fourth-order valence-electron chi connectivity index (χ4n) is 3.26. The Hall–Kier alpha value is -1.92. The Morgan fingerprint density at radius 2 is 1.88 bits per heavy atom. The molecule has 0 spiro atoms. The summed E-state index contributed by atoms with van der Waals surface area (Å²) in [5, 5.41) is 5.81. The lowest BCUT2D eigenvalue weighted by molar-refractivity contribution is -0.166. The molecule has 2 unspecified atom stereocenters. The lowest BCUT2D eigenvalue weighted by atomic mass is 9.54. The van der Waals surface area contributed by atoms with Gasteiger partial charge < -0.3 is 21.1 Å². The number of hydrogen-bond donors (Lipinski definition) is 3. The third kappa shape index (κ3) is 3.28. The molecular formula is C19H27N3O3. The number of carbonyl (C=O) groups excluding carboxylic acids is 2. The highest BCUT2D eigenvalue weighted by Gasteiger charge is 2.62. The van der Waals surface area contributed by atoms with Gasteiger partial charge in [-0.25, -0.2) is 0 Å². The second kappa shape index (κ2) is 6.42. The number of amides is 2. The van der Waals surface area contributed by atoms with Crippen molar-refractivity contribution in [2.45, 2.75) is 57.7 Å². The normalized spacial score (nSPS) is 27.3. The quantitative estimate of drug-likeness (QED) is 0.735. The van der Waals surface area contributed by atoms with Crippen molar-refractivity contribution in [1.82, 2.24) is 5.32 Å². The van der Waals surface area contributed by atoms with Gasteiger partial charge in [0.15, 0.2) is 0 Å². The van der Waals surface area contributed by atoms with E-state index in [1.165, 1.54) is 0 Å². The minimum atomic E-state index is -0.963. The van der Waals surface area contributed by atoms with Gasteiger partial charge in [-0.3, -0.25) is 9.59 Å². The van der Waals surface area contributed by atoms with Crippen LogP contribution in [0.3, 0.4) is 0 Å². The second-order valence-corrected chi connectivity index (χ2v) is 7.62. The summed E-state index contributed by atoms with van der Waals surface area (Å²) in [6.45, 7) is 6.47. The van der Waals surface area contributed by atoms with Crippen LogP contribution in [0.1, 0.15) is 50.4 Å². The Bertz CT molecular complexity index is 667. The molecule has 6 nitrogen and oxygen atoms in total. The SMILES string of the molecule is CCOC1CC(N)(C(=O)Nc2ccc(C(=O)NC3CC3)cc2)C1(C)C. The van der Waals surface area contributed by atoms with Crippen LogP contribution in [0.25, 0.3) is 0 Å². The third-order valence-electron chi connectivity index (χ3n) is 5.55. The summed E-state index contributed by atoms with van der Waals surface area (Å²) in [4.78, 5) is 24.7. The minimum Gasteiger partial charge on any atom is -0.378 e. The highest BCUT2D eigenvalue weighted by atomic mass is 16.5. The highest BCUT2D eigenvalue weighted by molar-refractivity contribution is 6.00. The van der Waals surface area contributed by atoms with Gasteiger partial charge in [0.25, 0.3) is 5.91 Å². The summed E-state index contributed by atoms with van der Waals surface area (Å²) in [5.41, 5.74) is 6.20. The maximum Gasteiger partial charge on any atom is 0.251 e. The number of anilines is 1. The standard InChI is InChI=1S/C19H27N3O3/c1-4-25-15-11-19(20,18(15,2)3)17(24)22-14-7-5-12(6-8-14)16(23)21-13-9-10-13/h5-8,13,15H,4,9-11,20H2,1-3H3,(H,21,23)(H,22,24). The topological polar surface area (TPSA) is 93.4 Å². The van der Waals surface area contributed by atoms with Gasteiger partial charge in [-0.05, 0) is 44.0 Å². The van der Waals surface area contributed by atoms with Crippen LogP contribution < -0.4 is 16.4 Å². The molecule has 0 bridgehead atoms. The lowest BCUT2D eigenvalue weighted by Crippen LogP contribution is -2.74. The molecule has 2 atom stereocenters. The largest absolute Gasteiger partial charge is 0.378 e. The van der Waals surface area contributed by atoms with Crippen molar-refractivity contribution in [3.63, 3.8) is 0 Å². The van der Waals surface area contributed by atoms with Crippen LogP contribution in [0, 0.1) is 5.41 Å². The number of nitrogens with one attached hydrogen (secondary N) is 2. The van der Waals surface area contributed by atoms with Gasteiger partial charge in [0.05, 0.1) is 6.10 Å². The number of carbonyl (C=O) groups is 2. The number of hydrogen-bond acceptors (Lipinski definition) is 4. The molecule has 6 heteroatoms. The van der Waals surface area contributed by atoms with Gasteiger partial charge in [-0.2, -0.15) is 0 Å². The summed E-state index contributed by atoms with van der Waals surface area (Å²) < 4.78 is 5.66. The number of nitrogens with two attached hydrogens (primary N) is 1. The molecule has 136 valence electrons. The monoisotopic (exact) mass is 345 g/mol. The molecule has 0 heterocycles. The van der Waals surface area contributed by atoms with Gasteiger partial charge in [-0.1, -0.05) is 13.8 Å². The van der Waals surface area contributed by atoms with Gasteiger partial charge in [-0.15, -0.1) is 0 Å². The highest BCUT2D eigenvalue weighted by Crippen LogP contribution is 2.50. The van der Waals surface area contributed by atoms with Gasteiger partial charge in [0.2, 0.25) is 5.91 Å². The summed E-state index contributed by atoms with van der Waals surface area (Å²) in [6, 6.07) is 7.21. The molecule has 1 aromatic carbocycles. The van der Waals surface area contributed by atoms with Crippen molar-refractivity contribution >= 4 is 17.5 Å². The van der Waals surface area contributed by atoms with E-state index in [-0.39, 0.29) is 17.9 Å². The van der Waals surface area contributed by atoms with Crippen molar-refractivity contribution in [2.75, 3.05) is 11.9 Å². The van der Waals surface area contributed by atoms with Crippen LogP contribution in [0.4, 0.5) is 5.69 Å². The van der Waals surface area contributed by atoms with E-state index < -0.39 is 11.0 Å². The second-order valence-electron chi connectivity index (χ2n) is 7.62. The van der Waals surface area contributed by atoms with Crippen molar-refractivity contribution < 1.29 is 14.3 Å². The maximum absolute atomic E-state index is 12.7. The Balaban J connectivity index is 1.62. The van der Waals surface area contributed by atoms with E-state index in [1.807, 2.05) is 20.8 Å². The molecule has 2 saturated carbocycles. The summed E-state index contributed by atoms with van der Waals surface area (Å²) in [5.74, 6) is -0.293. The zero-order valence-electron chi connectivity index (χ0n) is 15.1. The van der Waals surface area contributed by atoms with Crippen LogP contribution >= 0.6 is 0 Å². The van der Waals surface area contributed by atoms with E-state index >= 15 is 0 Å². The first-order chi connectivity index (χ1) is 11.8. The molecule has 2 fully saturated rings. The number of benzene rings is 1. The van der Waals surface area contributed by atoms with E-state index in [1.54, 1.807) is 24.3 Å². The predicted molar refractivity (Wildman–Crippen MR) is 96.3 cm³/mol. The smallest absolute Gasteiger partial charge is 0.251 e. The maximum atomic E-state index is 12.7. The molecule has 2 amide bonds. The van der Waals surface area contributed by atoms with Crippen LogP contribution in [0.15, 0.2) is 24.3 Å². The lowest BCUT2D eigenvalue weighted by Gasteiger charge is -2.57. The average Bonchev–Trinajstić information content (AvgIpc) is 3.39. The van der Waals surface area contributed by atoms with Crippen molar-refractivity contribution in [3.05, 3.63) is 29.8 Å². The summed E-state index contributed by atoms with van der Waals surface area (Å²) >= 11 is 0. The Morgan fingerprint density at radius 1 is 1.24 bits per heavy atom. The van der Waals surface area contributed by atoms with E-state index in [4.69, 9.17) is 10.5 Å². The molecule has 25 heavy (non-hydrogen) atoms. The number of rotatable bonds is 6. The first-order valence-corrected chi connectivity index (χ1v) is 8.91. The molecule has 0 aromatic heterocycles. The van der Waals surface area contributed by atoms with E-state index in [0.29, 0.717) is 30.3 Å². The first kappa shape index (κ1) is 17.9. The fraction of sp³-hybridized carbons (Fsp3) is 0.579. The molecule has 1 aromatic rings. The average molecular weight is 345 g/mol. The van der Waals surface area contributed by atoms with E-state index in [2.05, 4.69) is 10.6 Å². The van der Waals surface area contributed by atoms with Gasteiger partial charge in [0, 0.05) is 35.7 Å². The Morgan fingerprint density at radius 3 is 2.40 bits per heavy atom. The molecule has 0 aliphatic heterocycles. The molecule has 2 aliphatic rings. The summed E-state index contributed by atoms with van der Waals surface area (Å²) in [7, 11) is 0. The fourth-order valence-corrected chi connectivity index (χ4v) is 3.26. The zero-order chi connectivity index (χ0) is 18.2. The minimum absolute atomic E-state index is 0.0123. The Kier molecular flexibility index (Phi) is 4.60. The Labute approximate surface area is 148 Å². The van der Waals surface area contributed by atoms with Crippen LogP contribution in [0.5, 0.6) is 0 Å². The molecule has 3 rings (SSSR count). The van der Waals surface area contributed by atoms with Crippen molar-refractivity contribution in [1.29, 1.82) is 0 Å². The zero-order valence-corrected chi connectivity index (χ0v) is 15.1. The molecular weight excluding hydrogens is 318 g/mol. The third-order valence-corrected chi connectivity index (χ3v) is 5.55. The van der Waals surface area contributed by atoms with E-state index in [0.717, 1.165) is 12.8 Å². The molecule has 4 N–H and O–H groups in total. The van der Waals surface area contributed by atoms with Crippen LogP contribution in [-0.2, 0) is 9.53 Å². The predicted octanol–water partition coefficient (Wildman–Crippen LogP) is 2.05. The molecule has 0 saturated heterocycles. The summed E-state index contributed by atoms with van der Waals surface area (Å²) in [6.07, 6.45) is 2.59. The number of ether oxygens (including phenoxy) is 1. The first-order valence-electron chi connectivity index (χ1n) is 8.91. The van der Waals surface area contributed by atoms with Gasteiger partial charge >= 0.3 is 0 Å². The van der Waals surface area contributed by atoms with E-state index in [9.17, 15) is 9.59 Å².